The van der Waals surface area contributed by atoms with Crippen LogP contribution in [0, 0.1) is 0 Å². The summed E-state index contributed by atoms with van der Waals surface area (Å²) in [5.74, 6) is 0.858. The Hall–Kier alpha value is -0.760. The summed E-state index contributed by atoms with van der Waals surface area (Å²) in [6.45, 7) is 3.19. The Balaban J connectivity index is 1.87. The molecule has 1 aliphatic carbocycles. The molecule has 6 heteroatoms. The number of rotatable bonds is 2. The molecule has 22 heavy (non-hydrogen) atoms. The van der Waals surface area contributed by atoms with Crippen LogP contribution in [0.4, 0.5) is 0 Å². The first-order valence-corrected chi connectivity index (χ1v) is 11.1. The molecule has 0 N–H and O–H groups in total. The van der Waals surface area contributed by atoms with Gasteiger partial charge in [-0.05, 0) is 41.9 Å². The minimum atomic E-state index is 0.158. The molecule has 0 aromatic carbocycles. The molecule has 1 aliphatic heterocycles. The summed E-state index contributed by atoms with van der Waals surface area (Å²) in [6, 6.07) is 0. The van der Waals surface area contributed by atoms with Gasteiger partial charge in [0.25, 0.3) is 0 Å². The third-order valence-corrected chi connectivity index (χ3v) is 6.77. The van der Waals surface area contributed by atoms with Crippen LogP contribution in [-0.4, -0.2) is 26.3 Å². The summed E-state index contributed by atoms with van der Waals surface area (Å²) in [5, 5.41) is 1.37. The molecule has 1 fully saturated rings. The molecule has 0 saturated heterocycles. The Bertz CT molecular complexity index is 753. The van der Waals surface area contributed by atoms with E-state index in [4.69, 9.17) is 4.98 Å². The fraction of sp³-hybridized carbons (Fsp3) is 0.500. The second-order valence-electron chi connectivity index (χ2n) is 6.26. The van der Waals surface area contributed by atoms with Crippen LogP contribution in [0.15, 0.2) is 12.4 Å². The van der Waals surface area contributed by atoms with Crippen molar-refractivity contribution in [2.45, 2.75) is 45.1 Å². The molecule has 1 amide bonds. The monoisotopic (exact) mass is 427 g/mol. The maximum Gasteiger partial charge on any atom is 0.219 e. The van der Waals surface area contributed by atoms with Gasteiger partial charge >= 0.3 is 0 Å². The van der Waals surface area contributed by atoms with Gasteiger partial charge in [0.05, 0.1) is 0 Å². The lowest BCUT2D eigenvalue weighted by atomic mass is 9.79. The molecule has 1 saturated carbocycles. The molecule has 0 spiro atoms. The molecule has 3 heterocycles. The third kappa shape index (κ3) is 2.26. The summed E-state index contributed by atoms with van der Waals surface area (Å²) in [7, 11) is 1.69. The van der Waals surface area contributed by atoms with Gasteiger partial charge in [-0.15, -0.1) is 0 Å². The standard InChI is InChI=1S/C16H18IN3OS/c1-10(21)19-6-5-13-12(8-19)7-18-16-15(13)14(9-20(16)22-17)11-3-2-4-11/h7,9,11H,2-6,8H2,1H3. The van der Waals surface area contributed by atoms with Crippen LogP contribution in [0.1, 0.15) is 48.8 Å². The molecule has 2 aromatic heterocycles. The van der Waals surface area contributed by atoms with Crippen LogP contribution in [0.3, 0.4) is 0 Å². The van der Waals surface area contributed by atoms with Gasteiger partial charge in [0, 0.05) is 68.1 Å². The fourth-order valence-electron chi connectivity index (χ4n) is 3.60. The second kappa shape index (κ2) is 5.70. The topological polar surface area (TPSA) is 38.1 Å². The Morgan fingerprint density at radius 1 is 1.45 bits per heavy atom. The molecular formula is C16H18IN3OS. The number of nitrogens with zero attached hydrogens (tertiary/aromatic N) is 3. The minimum Gasteiger partial charge on any atom is -0.338 e. The van der Waals surface area contributed by atoms with Gasteiger partial charge in [-0.25, -0.2) is 4.98 Å². The molecular weight excluding hydrogens is 409 g/mol. The Kier molecular flexibility index (Phi) is 3.84. The summed E-state index contributed by atoms with van der Waals surface area (Å²) in [4.78, 5) is 18.3. The molecule has 4 rings (SSSR count). The SMILES string of the molecule is CC(=O)N1CCc2c(cnc3c2c(C2CCC2)cn3SI)C1. The quantitative estimate of drug-likeness (QED) is 0.679. The smallest absolute Gasteiger partial charge is 0.219 e. The van der Waals surface area contributed by atoms with E-state index >= 15 is 0 Å². The predicted molar refractivity (Wildman–Crippen MR) is 98.1 cm³/mol. The third-order valence-electron chi connectivity index (χ3n) is 5.07. The fourth-order valence-corrected chi connectivity index (χ4v) is 4.86. The number of halogens is 1. The van der Waals surface area contributed by atoms with Crippen LogP contribution < -0.4 is 0 Å². The zero-order chi connectivity index (χ0) is 15.3. The van der Waals surface area contributed by atoms with Crippen molar-refractivity contribution in [3.63, 3.8) is 0 Å². The van der Waals surface area contributed by atoms with Crippen molar-refractivity contribution in [1.82, 2.24) is 13.9 Å². The summed E-state index contributed by atoms with van der Waals surface area (Å²) in [5.41, 5.74) is 5.22. The number of carbonyl (C=O) groups is 1. The maximum absolute atomic E-state index is 11.7. The molecule has 4 nitrogen and oxygen atoms in total. The first-order chi connectivity index (χ1) is 10.7. The van der Waals surface area contributed by atoms with Crippen LogP contribution in [0.25, 0.3) is 11.0 Å². The van der Waals surface area contributed by atoms with Crippen molar-refractivity contribution in [3.05, 3.63) is 29.1 Å². The normalized spacial score (nSPS) is 18.4. The second-order valence-corrected chi connectivity index (χ2v) is 7.97. The number of amides is 1. The number of hydrogen-bond donors (Lipinski definition) is 0. The number of carbonyl (C=O) groups excluding carboxylic acids is 1. The highest BCUT2D eigenvalue weighted by Crippen LogP contribution is 2.43. The van der Waals surface area contributed by atoms with E-state index in [0.29, 0.717) is 12.5 Å². The van der Waals surface area contributed by atoms with Crippen LogP contribution in [-0.2, 0) is 17.8 Å². The van der Waals surface area contributed by atoms with Crippen molar-refractivity contribution in [3.8, 4) is 0 Å². The van der Waals surface area contributed by atoms with E-state index < -0.39 is 0 Å². The van der Waals surface area contributed by atoms with Crippen LogP contribution in [0.2, 0.25) is 0 Å². The highest BCUT2D eigenvalue weighted by atomic mass is 127. The molecule has 0 radical (unpaired) electrons. The minimum absolute atomic E-state index is 0.158. The average molecular weight is 427 g/mol. The van der Waals surface area contributed by atoms with E-state index in [9.17, 15) is 4.79 Å². The lowest BCUT2D eigenvalue weighted by Gasteiger charge is -2.30. The molecule has 0 unspecified atom stereocenters. The molecule has 2 aliphatic rings. The van der Waals surface area contributed by atoms with E-state index in [1.165, 1.54) is 41.3 Å². The van der Waals surface area contributed by atoms with E-state index in [0.717, 1.165) is 18.6 Å². The largest absolute Gasteiger partial charge is 0.338 e. The summed E-state index contributed by atoms with van der Waals surface area (Å²) in [6.07, 6.45) is 9.15. The van der Waals surface area contributed by atoms with Crippen molar-refractivity contribution in [1.29, 1.82) is 0 Å². The first-order valence-electron chi connectivity index (χ1n) is 7.75. The highest BCUT2D eigenvalue weighted by molar-refractivity contribution is 14.2. The molecule has 0 bridgehead atoms. The zero-order valence-electron chi connectivity index (χ0n) is 12.5. The number of fused-ring (bicyclic) bond motifs is 3. The van der Waals surface area contributed by atoms with E-state index in [-0.39, 0.29) is 5.91 Å². The molecule has 2 aromatic rings. The highest BCUT2D eigenvalue weighted by Gasteiger charge is 2.28. The van der Waals surface area contributed by atoms with Gasteiger partial charge < -0.3 is 4.90 Å². The Morgan fingerprint density at radius 2 is 2.27 bits per heavy atom. The van der Waals surface area contributed by atoms with Crippen molar-refractivity contribution >= 4 is 47.3 Å². The lowest BCUT2D eigenvalue weighted by molar-refractivity contribution is -0.129. The van der Waals surface area contributed by atoms with E-state index in [2.05, 4.69) is 31.4 Å². The van der Waals surface area contributed by atoms with Crippen LogP contribution >= 0.6 is 30.3 Å². The first kappa shape index (κ1) is 14.8. The lowest BCUT2D eigenvalue weighted by Crippen LogP contribution is -2.34. The van der Waals surface area contributed by atoms with Gasteiger partial charge in [-0.2, -0.15) is 0 Å². The van der Waals surface area contributed by atoms with E-state index in [1.807, 2.05) is 11.1 Å². The predicted octanol–water partition coefficient (Wildman–Crippen LogP) is 4.05. The van der Waals surface area contributed by atoms with Crippen molar-refractivity contribution in [2.75, 3.05) is 6.54 Å². The average Bonchev–Trinajstić information content (AvgIpc) is 2.83. The summed E-state index contributed by atoms with van der Waals surface area (Å²) < 4.78 is 2.20. The van der Waals surface area contributed by atoms with Gasteiger partial charge in [-0.3, -0.25) is 8.77 Å². The Labute approximate surface area is 146 Å². The van der Waals surface area contributed by atoms with Gasteiger partial charge in [0.2, 0.25) is 5.91 Å². The van der Waals surface area contributed by atoms with Gasteiger partial charge in [-0.1, -0.05) is 6.42 Å². The number of pyridine rings is 1. The maximum atomic E-state index is 11.7. The Morgan fingerprint density at radius 3 is 2.91 bits per heavy atom. The van der Waals surface area contributed by atoms with Crippen LogP contribution in [0.5, 0.6) is 0 Å². The van der Waals surface area contributed by atoms with Gasteiger partial charge in [0.1, 0.15) is 0 Å². The zero-order valence-corrected chi connectivity index (χ0v) is 15.5. The number of hydrogen-bond acceptors (Lipinski definition) is 3. The molecule has 0 atom stereocenters. The van der Waals surface area contributed by atoms with Crippen molar-refractivity contribution in [2.24, 2.45) is 0 Å². The van der Waals surface area contributed by atoms with E-state index in [1.54, 1.807) is 16.0 Å². The van der Waals surface area contributed by atoms with Gasteiger partial charge in [0.15, 0.2) is 5.65 Å². The molecule has 116 valence electrons. The van der Waals surface area contributed by atoms with Crippen molar-refractivity contribution < 1.29 is 4.79 Å². The summed E-state index contributed by atoms with van der Waals surface area (Å²) >= 11 is 2.32. The number of aromatic nitrogens is 2.